The topological polar surface area (TPSA) is 97.2 Å². The van der Waals surface area contributed by atoms with Crippen molar-refractivity contribution in [3.8, 4) is 11.8 Å². The minimum atomic E-state index is -1.08. The average molecular weight is 395 g/mol. The smallest absolute Gasteiger partial charge is 0.331 e. The fourth-order valence-corrected chi connectivity index (χ4v) is 3.66. The van der Waals surface area contributed by atoms with Crippen LogP contribution in [0.25, 0.3) is 0 Å². The van der Waals surface area contributed by atoms with Crippen molar-refractivity contribution in [1.29, 1.82) is 5.26 Å². The van der Waals surface area contributed by atoms with Gasteiger partial charge in [-0.05, 0) is 37.3 Å². The molecular formula is C22H25N3O4. The lowest BCUT2D eigenvalue weighted by Gasteiger charge is -2.18. The SMILES string of the molecule is C=CCc1ccccc1OC[C@H](O)Cn1c(=O)c(C#N)c2n(c1=O)CCCCC2. The highest BCUT2D eigenvalue weighted by atomic mass is 16.5. The fraction of sp³-hybridized carbons (Fsp3) is 0.409. The van der Waals surface area contributed by atoms with E-state index in [0.29, 0.717) is 30.8 Å². The Morgan fingerprint density at radius 2 is 2.07 bits per heavy atom. The number of para-hydroxylation sites is 1. The van der Waals surface area contributed by atoms with Crippen LogP contribution < -0.4 is 16.0 Å². The van der Waals surface area contributed by atoms with Crippen molar-refractivity contribution >= 4 is 0 Å². The van der Waals surface area contributed by atoms with Crippen LogP contribution in [0.15, 0.2) is 46.5 Å². The molecule has 0 saturated carbocycles. The molecule has 0 spiro atoms. The van der Waals surface area contributed by atoms with E-state index in [0.717, 1.165) is 29.4 Å². The molecule has 3 rings (SSSR count). The predicted molar refractivity (Wildman–Crippen MR) is 109 cm³/mol. The van der Waals surface area contributed by atoms with Crippen molar-refractivity contribution in [2.24, 2.45) is 0 Å². The molecular weight excluding hydrogens is 370 g/mol. The average Bonchev–Trinajstić information content (AvgIpc) is 2.97. The first-order valence-electron chi connectivity index (χ1n) is 9.83. The van der Waals surface area contributed by atoms with E-state index in [1.807, 2.05) is 24.3 Å². The molecule has 7 nitrogen and oxygen atoms in total. The normalized spacial score (nSPS) is 14.3. The Bertz CT molecular complexity index is 1050. The van der Waals surface area contributed by atoms with Gasteiger partial charge in [-0.25, -0.2) is 4.79 Å². The summed E-state index contributed by atoms with van der Waals surface area (Å²) in [4.78, 5) is 25.6. The Balaban J connectivity index is 1.82. The number of ether oxygens (including phenoxy) is 1. The van der Waals surface area contributed by atoms with Crippen molar-refractivity contribution in [3.05, 3.63) is 74.6 Å². The molecule has 0 aliphatic carbocycles. The van der Waals surface area contributed by atoms with E-state index in [-0.39, 0.29) is 18.7 Å². The minimum absolute atomic E-state index is 0.00375. The third kappa shape index (κ3) is 4.49. The van der Waals surface area contributed by atoms with Crippen LogP contribution in [0.5, 0.6) is 5.75 Å². The van der Waals surface area contributed by atoms with Gasteiger partial charge in [0, 0.05) is 12.2 Å². The van der Waals surface area contributed by atoms with E-state index in [9.17, 15) is 20.0 Å². The van der Waals surface area contributed by atoms with Crippen molar-refractivity contribution in [1.82, 2.24) is 9.13 Å². The van der Waals surface area contributed by atoms with Crippen LogP contribution in [0.1, 0.15) is 36.1 Å². The summed E-state index contributed by atoms with van der Waals surface area (Å²) < 4.78 is 8.17. The highest BCUT2D eigenvalue weighted by molar-refractivity contribution is 5.34. The van der Waals surface area contributed by atoms with E-state index in [1.165, 1.54) is 4.57 Å². The van der Waals surface area contributed by atoms with Gasteiger partial charge in [-0.15, -0.1) is 6.58 Å². The van der Waals surface area contributed by atoms with Crippen molar-refractivity contribution in [2.45, 2.75) is 51.3 Å². The fourth-order valence-electron chi connectivity index (χ4n) is 3.66. The van der Waals surface area contributed by atoms with Gasteiger partial charge < -0.3 is 9.84 Å². The Hall–Kier alpha value is -3.11. The summed E-state index contributed by atoms with van der Waals surface area (Å²) in [5.74, 6) is 0.621. The summed E-state index contributed by atoms with van der Waals surface area (Å²) in [6, 6.07) is 9.38. The Morgan fingerprint density at radius 1 is 1.28 bits per heavy atom. The highest BCUT2D eigenvalue weighted by Gasteiger charge is 2.22. The van der Waals surface area contributed by atoms with E-state index in [2.05, 4.69) is 6.58 Å². The maximum absolute atomic E-state index is 12.9. The Kier molecular flexibility index (Phi) is 6.68. The lowest BCUT2D eigenvalue weighted by atomic mass is 10.1. The molecule has 1 aromatic carbocycles. The van der Waals surface area contributed by atoms with Crippen LogP contribution in [0.2, 0.25) is 0 Å². The second-order valence-corrected chi connectivity index (χ2v) is 7.16. The van der Waals surface area contributed by atoms with Crippen LogP contribution in [0.3, 0.4) is 0 Å². The largest absolute Gasteiger partial charge is 0.491 e. The first kappa shape index (κ1) is 20.6. The van der Waals surface area contributed by atoms with Crippen molar-refractivity contribution in [2.75, 3.05) is 6.61 Å². The minimum Gasteiger partial charge on any atom is -0.491 e. The number of aliphatic hydroxyl groups excluding tert-OH is 1. The summed E-state index contributed by atoms with van der Waals surface area (Å²) in [6.07, 6.45) is 4.47. The van der Waals surface area contributed by atoms with Gasteiger partial charge in [-0.3, -0.25) is 13.9 Å². The second kappa shape index (κ2) is 9.39. The van der Waals surface area contributed by atoms with Gasteiger partial charge in [-0.2, -0.15) is 5.26 Å². The molecule has 7 heteroatoms. The summed E-state index contributed by atoms with van der Waals surface area (Å²) in [5, 5.41) is 19.9. The van der Waals surface area contributed by atoms with Crippen LogP contribution in [0.4, 0.5) is 0 Å². The molecule has 2 heterocycles. The number of fused-ring (bicyclic) bond motifs is 1. The number of aliphatic hydroxyl groups is 1. The van der Waals surface area contributed by atoms with Gasteiger partial charge in [-0.1, -0.05) is 30.7 Å². The van der Waals surface area contributed by atoms with Crippen LogP contribution >= 0.6 is 0 Å². The summed E-state index contributed by atoms with van der Waals surface area (Å²) in [5.41, 5.74) is 0.328. The summed E-state index contributed by atoms with van der Waals surface area (Å²) in [6.45, 7) is 3.89. The molecule has 0 bridgehead atoms. The number of nitrogens with zero attached hydrogens (tertiary/aromatic N) is 3. The van der Waals surface area contributed by atoms with Gasteiger partial charge >= 0.3 is 5.69 Å². The molecule has 0 saturated heterocycles. The molecule has 0 amide bonds. The molecule has 0 unspecified atom stereocenters. The monoisotopic (exact) mass is 395 g/mol. The zero-order chi connectivity index (χ0) is 20.8. The van der Waals surface area contributed by atoms with Gasteiger partial charge in [0.15, 0.2) is 0 Å². The summed E-state index contributed by atoms with van der Waals surface area (Å²) >= 11 is 0. The second-order valence-electron chi connectivity index (χ2n) is 7.16. The zero-order valence-electron chi connectivity index (χ0n) is 16.3. The van der Waals surface area contributed by atoms with Crippen LogP contribution in [-0.2, 0) is 25.9 Å². The van der Waals surface area contributed by atoms with Gasteiger partial charge in [0.2, 0.25) is 0 Å². The van der Waals surface area contributed by atoms with Crippen molar-refractivity contribution < 1.29 is 9.84 Å². The molecule has 2 aromatic rings. The van der Waals surface area contributed by atoms with Gasteiger partial charge in [0.05, 0.1) is 6.54 Å². The van der Waals surface area contributed by atoms with E-state index >= 15 is 0 Å². The molecule has 29 heavy (non-hydrogen) atoms. The Labute approximate surface area is 169 Å². The quantitative estimate of drug-likeness (QED) is 0.721. The Morgan fingerprint density at radius 3 is 2.83 bits per heavy atom. The lowest BCUT2D eigenvalue weighted by Crippen LogP contribution is -2.45. The maximum Gasteiger partial charge on any atom is 0.331 e. The summed E-state index contributed by atoms with van der Waals surface area (Å²) in [7, 11) is 0. The highest BCUT2D eigenvalue weighted by Crippen LogP contribution is 2.19. The maximum atomic E-state index is 12.9. The number of rotatable bonds is 7. The number of hydrogen-bond donors (Lipinski definition) is 1. The molecule has 1 N–H and O–H groups in total. The number of allylic oxidation sites excluding steroid dienone is 1. The molecule has 1 aliphatic rings. The van der Waals surface area contributed by atoms with Crippen molar-refractivity contribution in [3.63, 3.8) is 0 Å². The first-order chi connectivity index (χ1) is 14.1. The van der Waals surface area contributed by atoms with E-state index in [4.69, 9.17) is 4.74 Å². The molecule has 1 aliphatic heterocycles. The molecule has 1 atom stereocenters. The third-order valence-electron chi connectivity index (χ3n) is 5.10. The molecule has 1 aromatic heterocycles. The standard InChI is InChI=1S/C22H25N3O4/c1-2-8-16-9-5-6-11-20(16)29-15-17(26)14-25-21(27)18(13-23)19-10-4-3-7-12-24(19)22(25)28/h2,5-6,9,11,17,26H,1,3-4,7-8,10,12,14-15H2/t17-/m1/s1. The number of hydrogen-bond acceptors (Lipinski definition) is 5. The van der Waals surface area contributed by atoms with E-state index < -0.39 is 17.4 Å². The van der Waals surface area contributed by atoms with Gasteiger partial charge in [0.25, 0.3) is 5.56 Å². The number of benzene rings is 1. The van der Waals surface area contributed by atoms with Gasteiger partial charge in [0.1, 0.15) is 30.1 Å². The lowest BCUT2D eigenvalue weighted by molar-refractivity contribution is 0.0895. The number of nitriles is 1. The predicted octanol–water partition coefficient (Wildman–Crippen LogP) is 1.78. The van der Waals surface area contributed by atoms with Crippen LogP contribution in [0, 0.1) is 11.3 Å². The third-order valence-corrected chi connectivity index (χ3v) is 5.10. The molecule has 152 valence electrons. The molecule has 0 fully saturated rings. The zero-order valence-corrected chi connectivity index (χ0v) is 16.3. The van der Waals surface area contributed by atoms with Crippen LogP contribution in [-0.4, -0.2) is 27.0 Å². The van der Waals surface area contributed by atoms with E-state index in [1.54, 1.807) is 12.1 Å². The molecule has 0 radical (unpaired) electrons. The first-order valence-corrected chi connectivity index (χ1v) is 9.83. The number of aromatic nitrogens is 2.